The van der Waals surface area contributed by atoms with Crippen molar-refractivity contribution in [2.45, 2.75) is 47.1 Å². The second kappa shape index (κ2) is 4.09. The molecule has 18 heavy (non-hydrogen) atoms. The lowest BCUT2D eigenvalue weighted by atomic mass is 9.81. The van der Waals surface area contributed by atoms with Gasteiger partial charge in [0.25, 0.3) is 0 Å². The average Bonchev–Trinajstić information content (AvgIpc) is 2.62. The Morgan fingerprint density at radius 2 is 1.89 bits per heavy atom. The molecule has 1 heterocycles. The van der Waals surface area contributed by atoms with Crippen molar-refractivity contribution in [1.29, 1.82) is 0 Å². The minimum absolute atomic E-state index is 0.0369. The lowest BCUT2D eigenvalue weighted by molar-refractivity contribution is -0.115. The lowest BCUT2D eigenvalue weighted by Gasteiger charge is -2.28. The number of carbonyl (C=O) groups is 1. The van der Waals surface area contributed by atoms with Crippen LogP contribution in [0.4, 0.5) is 5.69 Å². The van der Waals surface area contributed by atoms with Crippen LogP contribution in [0.15, 0.2) is 6.07 Å². The number of anilines is 1. The SMILES string of the molecule is Cc1c(C(O)C(C)(C)C)cc2c(c1C)NC(=O)C2. The Labute approximate surface area is 108 Å². The molecule has 1 aliphatic rings. The number of fused-ring (bicyclic) bond motifs is 1. The largest absolute Gasteiger partial charge is 0.388 e. The van der Waals surface area contributed by atoms with Crippen molar-refractivity contribution in [2.24, 2.45) is 5.41 Å². The number of aliphatic hydroxyl groups excluding tert-OH is 1. The molecule has 0 aliphatic carbocycles. The molecule has 1 aliphatic heterocycles. The summed E-state index contributed by atoms with van der Waals surface area (Å²) in [5.41, 5.74) is 4.80. The summed E-state index contributed by atoms with van der Waals surface area (Å²) in [4.78, 5) is 11.5. The molecule has 1 amide bonds. The standard InChI is InChI=1S/C15H21NO2/c1-8-9(2)13-10(7-12(17)16-13)6-11(8)14(18)15(3,4)5/h6,14,18H,7H2,1-5H3,(H,16,17). The Kier molecular flexibility index (Phi) is 2.98. The topological polar surface area (TPSA) is 49.3 Å². The van der Waals surface area contributed by atoms with E-state index in [1.807, 2.05) is 40.7 Å². The second-order valence-corrected chi connectivity index (χ2v) is 6.24. The van der Waals surface area contributed by atoms with Crippen LogP contribution in [0.5, 0.6) is 0 Å². The maximum absolute atomic E-state index is 11.5. The fourth-order valence-corrected chi connectivity index (χ4v) is 2.43. The zero-order valence-corrected chi connectivity index (χ0v) is 11.7. The molecule has 98 valence electrons. The molecule has 1 aromatic rings. The molecule has 1 atom stereocenters. The predicted octanol–water partition coefficient (Wildman–Crippen LogP) is 2.88. The Bertz CT molecular complexity index is 512. The van der Waals surface area contributed by atoms with Crippen LogP contribution in [0.25, 0.3) is 0 Å². The van der Waals surface area contributed by atoms with E-state index in [0.717, 1.165) is 27.9 Å². The van der Waals surface area contributed by atoms with Gasteiger partial charge in [0.15, 0.2) is 0 Å². The Morgan fingerprint density at radius 3 is 2.44 bits per heavy atom. The van der Waals surface area contributed by atoms with Crippen molar-refractivity contribution < 1.29 is 9.90 Å². The molecule has 3 heteroatoms. The molecule has 1 unspecified atom stereocenters. The minimum atomic E-state index is -0.516. The van der Waals surface area contributed by atoms with Gasteiger partial charge in [-0.25, -0.2) is 0 Å². The van der Waals surface area contributed by atoms with Crippen molar-refractivity contribution >= 4 is 11.6 Å². The van der Waals surface area contributed by atoms with Gasteiger partial charge in [0.05, 0.1) is 12.5 Å². The Morgan fingerprint density at radius 1 is 1.28 bits per heavy atom. The fourth-order valence-electron chi connectivity index (χ4n) is 2.43. The Balaban J connectivity index is 2.55. The molecule has 2 rings (SSSR count). The number of amides is 1. The van der Waals surface area contributed by atoms with Gasteiger partial charge in [-0.1, -0.05) is 26.8 Å². The molecule has 2 N–H and O–H groups in total. The van der Waals surface area contributed by atoms with E-state index in [1.54, 1.807) is 0 Å². The van der Waals surface area contributed by atoms with Crippen molar-refractivity contribution in [2.75, 3.05) is 5.32 Å². The molecular weight excluding hydrogens is 226 g/mol. The predicted molar refractivity (Wildman–Crippen MR) is 72.7 cm³/mol. The summed E-state index contributed by atoms with van der Waals surface area (Å²) >= 11 is 0. The van der Waals surface area contributed by atoms with Crippen molar-refractivity contribution in [3.63, 3.8) is 0 Å². The summed E-state index contributed by atoms with van der Waals surface area (Å²) in [5, 5.41) is 13.3. The maximum Gasteiger partial charge on any atom is 0.228 e. The van der Waals surface area contributed by atoms with Crippen LogP contribution in [0, 0.1) is 19.3 Å². The van der Waals surface area contributed by atoms with Gasteiger partial charge in [0.1, 0.15) is 0 Å². The smallest absolute Gasteiger partial charge is 0.228 e. The van der Waals surface area contributed by atoms with Gasteiger partial charge in [-0.15, -0.1) is 0 Å². The summed E-state index contributed by atoms with van der Waals surface area (Å²) < 4.78 is 0. The highest BCUT2D eigenvalue weighted by molar-refractivity contribution is 6.00. The molecule has 0 bridgehead atoms. The van der Waals surface area contributed by atoms with Gasteiger partial charge in [0.2, 0.25) is 5.91 Å². The van der Waals surface area contributed by atoms with Crippen molar-refractivity contribution in [1.82, 2.24) is 0 Å². The van der Waals surface area contributed by atoms with Gasteiger partial charge in [-0.2, -0.15) is 0 Å². The van der Waals surface area contributed by atoms with E-state index < -0.39 is 6.10 Å². The molecule has 3 nitrogen and oxygen atoms in total. The monoisotopic (exact) mass is 247 g/mol. The van der Waals surface area contributed by atoms with Crippen LogP contribution in [0.2, 0.25) is 0 Å². The van der Waals surface area contributed by atoms with Crippen LogP contribution in [0.3, 0.4) is 0 Å². The van der Waals surface area contributed by atoms with Crippen LogP contribution in [0.1, 0.15) is 49.1 Å². The number of hydrogen-bond donors (Lipinski definition) is 2. The average molecular weight is 247 g/mol. The highest BCUT2D eigenvalue weighted by Crippen LogP contribution is 2.39. The van der Waals surface area contributed by atoms with Gasteiger partial charge in [-0.05, 0) is 41.5 Å². The first-order valence-corrected chi connectivity index (χ1v) is 6.32. The van der Waals surface area contributed by atoms with E-state index in [4.69, 9.17) is 0 Å². The highest BCUT2D eigenvalue weighted by atomic mass is 16.3. The van der Waals surface area contributed by atoms with Gasteiger partial charge in [-0.3, -0.25) is 4.79 Å². The summed E-state index contributed by atoms with van der Waals surface area (Å²) in [6.45, 7) is 10.1. The normalized spacial score (nSPS) is 16.4. The van der Waals surface area contributed by atoms with E-state index in [9.17, 15) is 9.90 Å². The molecule has 0 spiro atoms. The second-order valence-electron chi connectivity index (χ2n) is 6.24. The van der Waals surface area contributed by atoms with Crippen LogP contribution in [-0.4, -0.2) is 11.0 Å². The molecule has 1 aromatic carbocycles. The lowest BCUT2D eigenvalue weighted by Crippen LogP contribution is -2.19. The third-order valence-electron chi connectivity index (χ3n) is 3.75. The molecule has 0 aromatic heterocycles. The Hall–Kier alpha value is -1.35. The number of hydrogen-bond acceptors (Lipinski definition) is 2. The number of nitrogens with one attached hydrogen (secondary N) is 1. The van der Waals surface area contributed by atoms with Crippen LogP contribution < -0.4 is 5.32 Å². The summed E-state index contributed by atoms with van der Waals surface area (Å²) in [7, 11) is 0. The fraction of sp³-hybridized carbons (Fsp3) is 0.533. The first-order chi connectivity index (χ1) is 8.21. The maximum atomic E-state index is 11.5. The van der Waals surface area contributed by atoms with E-state index in [1.165, 1.54) is 0 Å². The summed E-state index contributed by atoms with van der Waals surface area (Å²) in [5.74, 6) is 0.0369. The van der Waals surface area contributed by atoms with E-state index in [0.29, 0.717) is 6.42 Å². The van der Waals surface area contributed by atoms with Crippen molar-refractivity contribution in [3.05, 3.63) is 28.3 Å². The van der Waals surface area contributed by atoms with Gasteiger partial charge >= 0.3 is 0 Å². The van der Waals surface area contributed by atoms with E-state index >= 15 is 0 Å². The first kappa shape index (κ1) is 13.1. The van der Waals surface area contributed by atoms with Crippen molar-refractivity contribution in [3.8, 4) is 0 Å². The van der Waals surface area contributed by atoms with Crippen LogP contribution in [-0.2, 0) is 11.2 Å². The molecule has 0 fully saturated rings. The number of aliphatic hydroxyl groups is 1. The summed E-state index contributed by atoms with van der Waals surface area (Å²) in [6.07, 6.45) is -0.0995. The molecular formula is C15H21NO2. The van der Waals surface area contributed by atoms with E-state index in [2.05, 4.69) is 5.32 Å². The van der Waals surface area contributed by atoms with E-state index in [-0.39, 0.29) is 11.3 Å². The zero-order chi connectivity index (χ0) is 13.7. The zero-order valence-electron chi connectivity index (χ0n) is 11.7. The van der Waals surface area contributed by atoms with Crippen LogP contribution >= 0.6 is 0 Å². The number of carbonyl (C=O) groups excluding carboxylic acids is 1. The van der Waals surface area contributed by atoms with Gasteiger partial charge < -0.3 is 10.4 Å². The molecule has 0 saturated heterocycles. The minimum Gasteiger partial charge on any atom is -0.388 e. The number of rotatable bonds is 1. The summed E-state index contributed by atoms with van der Waals surface area (Å²) in [6, 6.07) is 1.98. The highest BCUT2D eigenvalue weighted by Gasteiger charge is 2.29. The third-order valence-corrected chi connectivity index (χ3v) is 3.75. The first-order valence-electron chi connectivity index (χ1n) is 6.32. The number of benzene rings is 1. The third kappa shape index (κ3) is 2.03. The quantitative estimate of drug-likeness (QED) is 0.801. The molecule has 0 saturated carbocycles. The van der Waals surface area contributed by atoms with Gasteiger partial charge in [0, 0.05) is 5.69 Å². The molecule has 0 radical (unpaired) electrons.